The number of anilines is 1. The molecule has 0 saturated carbocycles. The first-order valence-corrected chi connectivity index (χ1v) is 6.35. The lowest BCUT2D eigenvalue weighted by atomic mass is 10.2. The zero-order valence-corrected chi connectivity index (χ0v) is 11.2. The normalized spacial score (nSPS) is 9.57. The molecule has 0 fully saturated rings. The first-order chi connectivity index (χ1) is 10.2. The van der Waals surface area contributed by atoms with Crippen LogP contribution in [0.5, 0.6) is 5.75 Å². The Kier molecular flexibility index (Phi) is 4.91. The molecule has 0 unspecified atom stereocenters. The number of benzene rings is 1. The first-order valence-electron chi connectivity index (χ1n) is 6.35. The van der Waals surface area contributed by atoms with Gasteiger partial charge in [0.25, 0.3) is 5.91 Å². The van der Waals surface area contributed by atoms with Gasteiger partial charge in [0.2, 0.25) is 0 Å². The van der Waals surface area contributed by atoms with E-state index in [1.807, 2.05) is 0 Å². The van der Waals surface area contributed by atoms with Crippen LogP contribution >= 0.6 is 0 Å². The molecular formula is C16H14N2O3. The van der Waals surface area contributed by atoms with Gasteiger partial charge in [0.1, 0.15) is 5.75 Å². The molecule has 1 heterocycles. The monoisotopic (exact) mass is 282 g/mol. The molecule has 3 N–H and O–H groups in total. The molecule has 0 atom stereocenters. The summed E-state index contributed by atoms with van der Waals surface area (Å²) in [6.07, 6.45) is 3.09. The highest BCUT2D eigenvalue weighted by Crippen LogP contribution is 2.16. The van der Waals surface area contributed by atoms with E-state index in [9.17, 15) is 9.90 Å². The van der Waals surface area contributed by atoms with E-state index in [4.69, 9.17) is 5.11 Å². The largest absolute Gasteiger partial charge is 0.505 e. The average molecular weight is 282 g/mol. The van der Waals surface area contributed by atoms with Crippen LogP contribution < -0.4 is 5.32 Å². The third-order valence-corrected chi connectivity index (χ3v) is 2.66. The molecular weight excluding hydrogens is 268 g/mol. The third kappa shape index (κ3) is 4.06. The van der Waals surface area contributed by atoms with Crippen molar-refractivity contribution in [2.75, 3.05) is 11.9 Å². The molecule has 0 saturated heterocycles. The Morgan fingerprint density at radius 3 is 2.67 bits per heavy atom. The highest BCUT2D eigenvalue weighted by atomic mass is 16.3. The van der Waals surface area contributed by atoms with E-state index in [1.165, 1.54) is 18.5 Å². The molecule has 1 amide bonds. The maximum absolute atomic E-state index is 12.0. The fourth-order valence-electron chi connectivity index (χ4n) is 1.63. The average Bonchev–Trinajstić information content (AvgIpc) is 2.49. The summed E-state index contributed by atoms with van der Waals surface area (Å²) >= 11 is 0. The number of aliphatic hydroxyl groups is 1. The van der Waals surface area contributed by atoms with Gasteiger partial charge in [-0.1, -0.05) is 11.8 Å². The number of pyridine rings is 1. The van der Waals surface area contributed by atoms with E-state index in [0.29, 0.717) is 12.1 Å². The molecule has 2 rings (SSSR count). The molecule has 5 heteroatoms. The molecule has 1 aromatic carbocycles. The second kappa shape index (κ2) is 7.08. The molecule has 0 radical (unpaired) electrons. The van der Waals surface area contributed by atoms with E-state index < -0.39 is 5.91 Å². The van der Waals surface area contributed by atoms with Gasteiger partial charge in [-0.2, -0.15) is 0 Å². The Morgan fingerprint density at radius 1 is 1.24 bits per heavy atom. The summed E-state index contributed by atoms with van der Waals surface area (Å²) in [5.74, 6) is 5.14. The lowest BCUT2D eigenvalue weighted by Crippen LogP contribution is -2.12. The zero-order chi connectivity index (χ0) is 15.1. The highest BCUT2D eigenvalue weighted by Gasteiger charge is 2.10. The summed E-state index contributed by atoms with van der Waals surface area (Å²) in [5.41, 5.74) is 1.56. The van der Waals surface area contributed by atoms with E-state index in [0.717, 1.165) is 5.56 Å². The summed E-state index contributed by atoms with van der Waals surface area (Å²) in [4.78, 5) is 15.7. The number of nitrogens with one attached hydrogen (secondary N) is 1. The number of carbonyl (C=O) groups is 1. The van der Waals surface area contributed by atoms with Crippen molar-refractivity contribution in [2.45, 2.75) is 6.42 Å². The molecule has 106 valence electrons. The second-order valence-corrected chi connectivity index (χ2v) is 4.20. The van der Waals surface area contributed by atoms with Gasteiger partial charge in [0, 0.05) is 23.9 Å². The predicted octanol–water partition coefficient (Wildman–Crippen LogP) is 1.77. The van der Waals surface area contributed by atoms with Crippen LogP contribution in [0.1, 0.15) is 22.3 Å². The van der Waals surface area contributed by atoms with Crippen molar-refractivity contribution in [2.24, 2.45) is 0 Å². The predicted molar refractivity (Wildman–Crippen MR) is 78.9 cm³/mol. The van der Waals surface area contributed by atoms with Crippen LogP contribution in [0.25, 0.3) is 0 Å². The minimum atomic E-state index is -0.408. The number of aromatic nitrogens is 1. The van der Waals surface area contributed by atoms with Crippen molar-refractivity contribution in [3.05, 3.63) is 53.9 Å². The van der Waals surface area contributed by atoms with Crippen LogP contribution in [0, 0.1) is 11.8 Å². The van der Waals surface area contributed by atoms with E-state index in [1.54, 1.807) is 24.3 Å². The minimum Gasteiger partial charge on any atom is -0.505 e. The Labute approximate surface area is 122 Å². The molecule has 0 aliphatic carbocycles. The molecule has 0 spiro atoms. The van der Waals surface area contributed by atoms with E-state index >= 15 is 0 Å². The Morgan fingerprint density at radius 2 is 2.00 bits per heavy atom. The van der Waals surface area contributed by atoms with Gasteiger partial charge < -0.3 is 15.5 Å². The van der Waals surface area contributed by atoms with Gasteiger partial charge in [0.15, 0.2) is 0 Å². The zero-order valence-electron chi connectivity index (χ0n) is 11.2. The summed E-state index contributed by atoms with van der Waals surface area (Å²) in [6, 6.07) is 8.43. The number of nitrogens with zero attached hydrogens (tertiary/aromatic N) is 1. The smallest absolute Gasteiger partial charge is 0.259 e. The van der Waals surface area contributed by atoms with Gasteiger partial charge in [-0.25, -0.2) is 0 Å². The minimum absolute atomic E-state index is 0.0383. The molecule has 0 aliphatic rings. The second-order valence-electron chi connectivity index (χ2n) is 4.20. The van der Waals surface area contributed by atoms with Crippen molar-refractivity contribution < 1.29 is 15.0 Å². The third-order valence-electron chi connectivity index (χ3n) is 2.66. The molecule has 0 aliphatic heterocycles. The highest BCUT2D eigenvalue weighted by molar-refractivity contribution is 6.05. The number of hydrogen-bond donors (Lipinski definition) is 3. The van der Waals surface area contributed by atoms with E-state index in [-0.39, 0.29) is 17.9 Å². The van der Waals surface area contributed by atoms with Gasteiger partial charge in [0.05, 0.1) is 18.4 Å². The lowest BCUT2D eigenvalue weighted by Gasteiger charge is -2.06. The van der Waals surface area contributed by atoms with Gasteiger partial charge in [-0.05, 0) is 30.3 Å². The SMILES string of the molecule is O=C(Nc1ccc(C#CCCO)cc1)c1ccncc1O. The fraction of sp³-hybridized carbons (Fsp3) is 0.125. The van der Waals surface area contributed by atoms with Gasteiger partial charge in [-0.15, -0.1) is 0 Å². The number of hydrogen-bond acceptors (Lipinski definition) is 4. The lowest BCUT2D eigenvalue weighted by molar-refractivity contribution is 0.102. The van der Waals surface area contributed by atoms with Crippen molar-refractivity contribution in [3.8, 4) is 17.6 Å². The van der Waals surface area contributed by atoms with Crippen LogP contribution in [0.15, 0.2) is 42.7 Å². The Bertz CT molecular complexity index is 685. The molecule has 5 nitrogen and oxygen atoms in total. The van der Waals surface area contributed by atoms with Crippen LogP contribution in [0.2, 0.25) is 0 Å². The summed E-state index contributed by atoms with van der Waals surface area (Å²) in [6.45, 7) is 0.0383. The maximum atomic E-state index is 12.0. The first kappa shape index (κ1) is 14.6. The van der Waals surface area contributed by atoms with Crippen molar-refractivity contribution >= 4 is 11.6 Å². The number of carbonyl (C=O) groups excluding carboxylic acids is 1. The fourth-order valence-corrected chi connectivity index (χ4v) is 1.63. The number of aliphatic hydroxyl groups excluding tert-OH is 1. The Balaban J connectivity index is 2.06. The molecule has 21 heavy (non-hydrogen) atoms. The van der Waals surface area contributed by atoms with Crippen molar-refractivity contribution in [3.63, 3.8) is 0 Å². The standard InChI is InChI=1S/C16H14N2O3/c19-10-2-1-3-12-4-6-13(7-5-12)18-16(21)14-8-9-17-11-15(14)20/h4-9,11,19-20H,2,10H2,(H,18,21). The summed E-state index contributed by atoms with van der Waals surface area (Å²) in [7, 11) is 0. The van der Waals surface area contributed by atoms with Crippen LogP contribution in [0.4, 0.5) is 5.69 Å². The van der Waals surface area contributed by atoms with E-state index in [2.05, 4.69) is 22.1 Å². The van der Waals surface area contributed by atoms with Crippen molar-refractivity contribution in [1.82, 2.24) is 4.98 Å². The van der Waals surface area contributed by atoms with Gasteiger partial charge in [-0.3, -0.25) is 9.78 Å². The summed E-state index contributed by atoms with van der Waals surface area (Å²) in [5, 5.41) is 20.9. The number of amides is 1. The van der Waals surface area contributed by atoms with Crippen LogP contribution in [0.3, 0.4) is 0 Å². The summed E-state index contributed by atoms with van der Waals surface area (Å²) < 4.78 is 0. The van der Waals surface area contributed by atoms with Crippen LogP contribution in [-0.2, 0) is 0 Å². The molecule has 1 aromatic heterocycles. The quantitative estimate of drug-likeness (QED) is 0.749. The number of aromatic hydroxyl groups is 1. The van der Waals surface area contributed by atoms with Crippen molar-refractivity contribution in [1.29, 1.82) is 0 Å². The molecule has 0 bridgehead atoms. The number of rotatable bonds is 3. The topological polar surface area (TPSA) is 82.5 Å². The van der Waals surface area contributed by atoms with Gasteiger partial charge >= 0.3 is 0 Å². The van der Waals surface area contributed by atoms with Crippen LogP contribution in [-0.4, -0.2) is 27.7 Å². The maximum Gasteiger partial charge on any atom is 0.259 e. The Hall–Kier alpha value is -2.84. The molecule has 2 aromatic rings.